The molecule has 36 heavy (non-hydrogen) atoms. The average Bonchev–Trinajstić information content (AvgIpc) is 3.31. The highest BCUT2D eigenvalue weighted by molar-refractivity contribution is 7.92. The molecule has 1 aliphatic carbocycles. The number of nitrogens with zero attached hydrogens (tertiary/aromatic N) is 2. The SMILES string of the molecule is Cc1c(Cl)cccc1N(CC(=O)N/N=C\c1ccc2c3c(cccc13)CC2)S(=O)(=O)c1ccccc1. The van der Waals surface area contributed by atoms with E-state index in [-0.39, 0.29) is 4.90 Å². The molecule has 4 aromatic carbocycles. The van der Waals surface area contributed by atoms with Crippen LogP contribution in [0.4, 0.5) is 5.69 Å². The molecule has 1 amide bonds. The number of anilines is 1. The van der Waals surface area contributed by atoms with Crippen molar-refractivity contribution < 1.29 is 13.2 Å². The number of hydrogen-bond acceptors (Lipinski definition) is 4. The number of amides is 1. The molecule has 0 radical (unpaired) electrons. The zero-order chi connectivity index (χ0) is 25.3. The Morgan fingerprint density at radius 3 is 2.47 bits per heavy atom. The molecular formula is C28H24ClN3O3S. The van der Waals surface area contributed by atoms with E-state index >= 15 is 0 Å². The largest absolute Gasteiger partial charge is 0.271 e. The van der Waals surface area contributed by atoms with E-state index in [0.29, 0.717) is 16.3 Å². The predicted octanol–water partition coefficient (Wildman–Crippen LogP) is 5.25. The Bertz CT molecular complexity index is 1590. The van der Waals surface area contributed by atoms with Crippen molar-refractivity contribution in [1.29, 1.82) is 0 Å². The van der Waals surface area contributed by atoms with Crippen LogP contribution >= 0.6 is 11.6 Å². The zero-order valence-electron chi connectivity index (χ0n) is 19.6. The highest BCUT2D eigenvalue weighted by atomic mass is 35.5. The van der Waals surface area contributed by atoms with Crippen LogP contribution in [0.3, 0.4) is 0 Å². The van der Waals surface area contributed by atoms with Gasteiger partial charge in [0.2, 0.25) is 0 Å². The number of benzene rings is 4. The van der Waals surface area contributed by atoms with E-state index in [1.807, 2.05) is 18.2 Å². The van der Waals surface area contributed by atoms with E-state index in [1.165, 1.54) is 28.6 Å². The van der Waals surface area contributed by atoms with Crippen molar-refractivity contribution in [3.05, 3.63) is 106 Å². The molecule has 0 bridgehead atoms. The third-order valence-corrected chi connectivity index (χ3v) is 8.61. The summed E-state index contributed by atoms with van der Waals surface area (Å²) in [6.45, 7) is 1.26. The van der Waals surface area contributed by atoms with Gasteiger partial charge in [-0.3, -0.25) is 9.10 Å². The molecule has 0 saturated heterocycles. The Morgan fingerprint density at radius 2 is 1.69 bits per heavy atom. The van der Waals surface area contributed by atoms with Gasteiger partial charge in [-0.1, -0.05) is 66.2 Å². The maximum Gasteiger partial charge on any atom is 0.264 e. The summed E-state index contributed by atoms with van der Waals surface area (Å²) in [5, 5.41) is 6.89. The first kappa shape index (κ1) is 24.0. The van der Waals surface area contributed by atoms with Gasteiger partial charge in [0, 0.05) is 10.6 Å². The van der Waals surface area contributed by atoms with Crippen molar-refractivity contribution in [1.82, 2.24) is 5.43 Å². The van der Waals surface area contributed by atoms with Crippen LogP contribution in [0.1, 0.15) is 22.3 Å². The van der Waals surface area contributed by atoms with E-state index in [2.05, 4.69) is 22.7 Å². The molecule has 0 heterocycles. The molecule has 0 aromatic heterocycles. The summed E-state index contributed by atoms with van der Waals surface area (Å²) in [4.78, 5) is 13.0. The van der Waals surface area contributed by atoms with Crippen molar-refractivity contribution in [2.45, 2.75) is 24.7 Å². The Balaban J connectivity index is 1.41. The summed E-state index contributed by atoms with van der Waals surface area (Å²) in [7, 11) is -4.04. The van der Waals surface area contributed by atoms with E-state index in [9.17, 15) is 13.2 Å². The maximum atomic E-state index is 13.5. The lowest BCUT2D eigenvalue weighted by Gasteiger charge is -2.25. The van der Waals surface area contributed by atoms with Gasteiger partial charge in [0.15, 0.2) is 0 Å². The van der Waals surface area contributed by atoms with Gasteiger partial charge in [0.1, 0.15) is 6.54 Å². The molecule has 0 fully saturated rings. The highest BCUT2D eigenvalue weighted by Crippen LogP contribution is 2.32. The normalized spacial score (nSPS) is 12.8. The topological polar surface area (TPSA) is 78.8 Å². The van der Waals surface area contributed by atoms with Gasteiger partial charge in [-0.15, -0.1) is 0 Å². The summed E-state index contributed by atoms with van der Waals surface area (Å²) < 4.78 is 28.1. The van der Waals surface area contributed by atoms with Crippen molar-refractivity contribution in [2.75, 3.05) is 10.8 Å². The Kier molecular flexibility index (Phi) is 6.51. The second kappa shape index (κ2) is 9.76. The fourth-order valence-electron chi connectivity index (χ4n) is 4.61. The number of aryl methyl sites for hydroxylation is 2. The molecule has 5 rings (SSSR count). The standard InChI is InChI=1S/C28H24ClN3O3S/c1-19-25(29)11-6-12-26(19)32(36(34,35)23-8-3-2-4-9-23)18-27(33)31-30-17-22-16-15-21-14-13-20-7-5-10-24(22)28(20)21/h2-12,15-17H,13-14,18H2,1H3,(H,31,33)/b30-17-. The van der Waals surface area contributed by atoms with E-state index < -0.39 is 22.5 Å². The zero-order valence-corrected chi connectivity index (χ0v) is 21.2. The lowest BCUT2D eigenvalue weighted by Crippen LogP contribution is -2.40. The molecule has 0 atom stereocenters. The minimum atomic E-state index is -4.04. The number of carbonyl (C=O) groups excluding carboxylic acids is 1. The smallest absolute Gasteiger partial charge is 0.264 e. The number of nitrogens with one attached hydrogen (secondary N) is 1. The number of hydrogen-bond donors (Lipinski definition) is 1. The number of halogens is 1. The Hall–Kier alpha value is -3.68. The monoisotopic (exact) mass is 517 g/mol. The fourth-order valence-corrected chi connectivity index (χ4v) is 6.28. The Morgan fingerprint density at radius 1 is 0.972 bits per heavy atom. The molecule has 6 nitrogen and oxygen atoms in total. The first-order chi connectivity index (χ1) is 17.4. The summed E-state index contributed by atoms with van der Waals surface area (Å²) in [6.07, 6.45) is 3.65. The lowest BCUT2D eigenvalue weighted by atomic mass is 10.0. The van der Waals surface area contributed by atoms with Crippen LogP contribution in [-0.2, 0) is 27.7 Å². The van der Waals surface area contributed by atoms with Crippen LogP contribution in [0.25, 0.3) is 10.8 Å². The van der Waals surface area contributed by atoms with Crippen molar-refractivity contribution in [2.24, 2.45) is 5.10 Å². The van der Waals surface area contributed by atoms with Gasteiger partial charge in [0.05, 0.1) is 16.8 Å². The molecule has 0 unspecified atom stereocenters. The van der Waals surface area contributed by atoms with Crippen LogP contribution in [-0.4, -0.2) is 27.1 Å². The molecule has 4 aromatic rings. The predicted molar refractivity (Wildman–Crippen MR) is 144 cm³/mol. The summed E-state index contributed by atoms with van der Waals surface area (Å²) in [5.74, 6) is -0.573. The maximum absolute atomic E-state index is 13.5. The third-order valence-electron chi connectivity index (χ3n) is 6.43. The average molecular weight is 518 g/mol. The number of hydrazone groups is 1. The van der Waals surface area contributed by atoms with Gasteiger partial charge in [-0.05, 0) is 71.5 Å². The van der Waals surface area contributed by atoms with Crippen LogP contribution in [0.15, 0.2) is 88.9 Å². The van der Waals surface area contributed by atoms with Gasteiger partial charge in [-0.25, -0.2) is 13.8 Å². The van der Waals surface area contributed by atoms with Gasteiger partial charge >= 0.3 is 0 Å². The summed E-state index contributed by atoms with van der Waals surface area (Å²) in [5.41, 5.74) is 6.91. The first-order valence-corrected chi connectivity index (χ1v) is 13.4. The molecule has 0 aliphatic heterocycles. The van der Waals surface area contributed by atoms with Gasteiger partial charge in [0.25, 0.3) is 15.9 Å². The van der Waals surface area contributed by atoms with Gasteiger partial charge < -0.3 is 0 Å². The second-order valence-corrected chi connectivity index (χ2v) is 10.9. The molecule has 1 N–H and O–H groups in total. The molecule has 1 aliphatic rings. The third kappa shape index (κ3) is 4.47. The van der Waals surface area contributed by atoms with Gasteiger partial charge in [-0.2, -0.15) is 5.10 Å². The minimum absolute atomic E-state index is 0.0774. The summed E-state index contributed by atoms with van der Waals surface area (Å²) >= 11 is 6.27. The van der Waals surface area contributed by atoms with Crippen molar-refractivity contribution in [3.8, 4) is 0 Å². The Labute approximate surface area is 215 Å². The van der Waals surface area contributed by atoms with E-state index in [0.717, 1.165) is 28.1 Å². The van der Waals surface area contributed by atoms with Crippen LogP contribution in [0.5, 0.6) is 0 Å². The van der Waals surface area contributed by atoms with Crippen LogP contribution < -0.4 is 9.73 Å². The van der Waals surface area contributed by atoms with Crippen LogP contribution in [0, 0.1) is 6.92 Å². The summed E-state index contributed by atoms with van der Waals surface area (Å²) in [6, 6.07) is 23.3. The molecule has 0 saturated carbocycles. The highest BCUT2D eigenvalue weighted by Gasteiger charge is 2.28. The minimum Gasteiger partial charge on any atom is -0.271 e. The quantitative estimate of drug-likeness (QED) is 0.269. The van der Waals surface area contributed by atoms with E-state index in [1.54, 1.807) is 49.5 Å². The van der Waals surface area contributed by atoms with Crippen molar-refractivity contribution >= 4 is 50.2 Å². The first-order valence-electron chi connectivity index (χ1n) is 11.5. The number of carbonyl (C=O) groups is 1. The molecule has 182 valence electrons. The number of sulfonamides is 1. The van der Waals surface area contributed by atoms with Crippen molar-refractivity contribution in [3.63, 3.8) is 0 Å². The molecular weight excluding hydrogens is 494 g/mol. The fraction of sp³-hybridized carbons (Fsp3) is 0.143. The lowest BCUT2D eigenvalue weighted by molar-refractivity contribution is -0.119. The van der Waals surface area contributed by atoms with E-state index in [4.69, 9.17) is 11.6 Å². The molecule has 0 spiro atoms. The van der Waals surface area contributed by atoms with Crippen LogP contribution in [0.2, 0.25) is 5.02 Å². The second-order valence-electron chi connectivity index (χ2n) is 8.66. The molecule has 8 heteroatoms. The number of rotatable bonds is 7.